The first kappa shape index (κ1) is 12.6. The van der Waals surface area contributed by atoms with Gasteiger partial charge in [0.05, 0.1) is 0 Å². The fraction of sp³-hybridized carbons (Fsp3) is 0.600. The van der Waals surface area contributed by atoms with Gasteiger partial charge in [-0.1, -0.05) is 49.6 Å². The second-order valence-corrected chi connectivity index (χ2v) is 5.60. The molecule has 0 spiro atoms. The molecule has 2 unspecified atom stereocenters. The molecule has 2 heteroatoms. The molecule has 1 aliphatic carbocycles. The van der Waals surface area contributed by atoms with Crippen LogP contribution in [0, 0.1) is 6.92 Å². The summed E-state index contributed by atoms with van der Waals surface area (Å²) in [7, 11) is 0. The minimum Gasteiger partial charge on any atom is -0.326 e. The second kappa shape index (κ2) is 4.79. The lowest BCUT2D eigenvalue weighted by atomic mass is 9.69. The Morgan fingerprint density at radius 2 is 1.88 bits per heavy atom. The molecule has 94 valence electrons. The Morgan fingerprint density at radius 1 is 1.24 bits per heavy atom. The van der Waals surface area contributed by atoms with E-state index in [0.29, 0.717) is 5.92 Å². The number of hydrogen-bond acceptors (Lipinski definition) is 2. The van der Waals surface area contributed by atoms with Crippen molar-refractivity contribution < 1.29 is 0 Å². The van der Waals surface area contributed by atoms with Gasteiger partial charge in [-0.15, -0.1) is 0 Å². The highest BCUT2D eigenvalue weighted by Crippen LogP contribution is 2.37. The fourth-order valence-corrected chi connectivity index (χ4v) is 2.95. The van der Waals surface area contributed by atoms with E-state index < -0.39 is 0 Å². The van der Waals surface area contributed by atoms with E-state index in [2.05, 4.69) is 38.1 Å². The first-order valence-corrected chi connectivity index (χ1v) is 6.65. The van der Waals surface area contributed by atoms with Gasteiger partial charge in [0.2, 0.25) is 0 Å². The van der Waals surface area contributed by atoms with Crippen LogP contribution in [0.15, 0.2) is 24.3 Å². The number of nitrogens with two attached hydrogens (primary N) is 2. The van der Waals surface area contributed by atoms with E-state index in [1.165, 1.54) is 24.0 Å². The Hall–Kier alpha value is -0.860. The Labute approximate surface area is 104 Å². The van der Waals surface area contributed by atoms with Crippen LogP contribution in [0.25, 0.3) is 0 Å². The van der Waals surface area contributed by atoms with E-state index in [1.807, 2.05) is 0 Å². The van der Waals surface area contributed by atoms with E-state index in [4.69, 9.17) is 11.5 Å². The molecule has 1 aromatic carbocycles. The van der Waals surface area contributed by atoms with E-state index in [-0.39, 0.29) is 11.6 Å². The third-order valence-electron chi connectivity index (χ3n) is 4.45. The molecule has 1 aliphatic rings. The normalized spacial score (nSPS) is 31.2. The van der Waals surface area contributed by atoms with Gasteiger partial charge < -0.3 is 11.5 Å². The van der Waals surface area contributed by atoms with Gasteiger partial charge in [0.25, 0.3) is 0 Å². The van der Waals surface area contributed by atoms with Crippen molar-refractivity contribution >= 4 is 0 Å². The minimum atomic E-state index is -0.229. The van der Waals surface area contributed by atoms with Crippen LogP contribution in [0.4, 0.5) is 0 Å². The molecule has 3 atom stereocenters. The summed E-state index contributed by atoms with van der Waals surface area (Å²) in [5.74, 6) is 0.332. The van der Waals surface area contributed by atoms with Crippen molar-refractivity contribution in [1.82, 2.24) is 0 Å². The van der Waals surface area contributed by atoms with Gasteiger partial charge >= 0.3 is 0 Å². The first-order valence-electron chi connectivity index (χ1n) is 6.65. The van der Waals surface area contributed by atoms with Gasteiger partial charge in [-0.05, 0) is 25.3 Å². The average Bonchev–Trinajstić information content (AvgIpc) is 2.33. The predicted molar refractivity (Wildman–Crippen MR) is 73.0 cm³/mol. The molecule has 2 nitrogen and oxygen atoms in total. The highest BCUT2D eigenvalue weighted by molar-refractivity contribution is 5.28. The maximum atomic E-state index is 6.59. The predicted octanol–water partition coefficient (Wildman–Crippen LogP) is 2.70. The SMILES string of the molecule is Cc1ccc([C@@H](C)C2(N)CCCCC2N)cc1. The van der Waals surface area contributed by atoms with Gasteiger partial charge in [0.15, 0.2) is 0 Å². The van der Waals surface area contributed by atoms with E-state index >= 15 is 0 Å². The van der Waals surface area contributed by atoms with Crippen LogP contribution in [0.1, 0.15) is 49.7 Å². The van der Waals surface area contributed by atoms with Gasteiger partial charge in [-0.25, -0.2) is 0 Å². The van der Waals surface area contributed by atoms with E-state index in [1.54, 1.807) is 0 Å². The van der Waals surface area contributed by atoms with Gasteiger partial charge in [0, 0.05) is 17.5 Å². The maximum absolute atomic E-state index is 6.59. The number of rotatable bonds is 2. The molecule has 0 bridgehead atoms. The molecule has 0 aromatic heterocycles. The van der Waals surface area contributed by atoms with E-state index in [9.17, 15) is 0 Å². The number of aryl methyl sites for hydroxylation is 1. The van der Waals surface area contributed by atoms with Crippen molar-refractivity contribution in [2.75, 3.05) is 0 Å². The molecule has 2 rings (SSSR count). The Morgan fingerprint density at radius 3 is 2.47 bits per heavy atom. The lowest BCUT2D eigenvalue weighted by molar-refractivity contribution is 0.218. The Balaban J connectivity index is 2.23. The molecule has 1 saturated carbocycles. The molecule has 0 saturated heterocycles. The maximum Gasteiger partial charge on any atom is 0.0374 e. The standard InChI is InChI=1S/C15H24N2/c1-11-6-8-13(9-7-11)12(2)15(17)10-4-3-5-14(15)16/h6-9,12,14H,3-5,10,16-17H2,1-2H3/t12-,14?,15?/m1/s1. The highest BCUT2D eigenvalue weighted by Gasteiger charge is 2.40. The van der Waals surface area contributed by atoms with Gasteiger partial charge in [-0.3, -0.25) is 0 Å². The third kappa shape index (κ3) is 2.38. The molecule has 0 aliphatic heterocycles. The van der Waals surface area contributed by atoms with E-state index in [0.717, 1.165) is 12.8 Å². The van der Waals surface area contributed by atoms with Crippen molar-refractivity contribution in [3.05, 3.63) is 35.4 Å². The lowest BCUT2D eigenvalue weighted by Crippen LogP contribution is -2.60. The van der Waals surface area contributed by atoms with Crippen molar-refractivity contribution in [3.8, 4) is 0 Å². The van der Waals surface area contributed by atoms with Gasteiger partial charge in [0.1, 0.15) is 0 Å². The van der Waals surface area contributed by atoms with Crippen molar-refractivity contribution in [2.45, 2.75) is 57.0 Å². The zero-order valence-electron chi connectivity index (χ0n) is 10.9. The minimum absolute atomic E-state index is 0.132. The summed E-state index contributed by atoms with van der Waals surface area (Å²) in [4.78, 5) is 0. The summed E-state index contributed by atoms with van der Waals surface area (Å²) >= 11 is 0. The summed E-state index contributed by atoms with van der Waals surface area (Å²) < 4.78 is 0. The van der Waals surface area contributed by atoms with Crippen LogP contribution in [0.5, 0.6) is 0 Å². The molecule has 0 radical (unpaired) electrons. The smallest absolute Gasteiger partial charge is 0.0374 e. The van der Waals surface area contributed by atoms with Crippen LogP contribution in [-0.2, 0) is 0 Å². The summed E-state index contributed by atoms with van der Waals surface area (Å²) in [6.45, 7) is 4.33. The molecule has 0 amide bonds. The van der Waals surface area contributed by atoms with Crippen molar-refractivity contribution in [2.24, 2.45) is 11.5 Å². The topological polar surface area (TPSA) is 52.0 Å². The van der Waals surface area contributed by atoms with Crippen LogP contribution in [-0.4, -0.2) is 11.6 Å². The first-order chi connectivity index (χ1) is 8.04. The molecular weight excluding hydrogens is 208 g/mol. The molecule has 0 heterocycles. The van der Waals surface area contributed by atoms with Gasteiger partial charge in [-0.2, -0.15) is 0 Å². The fourth-order valence-electron chi connectivity index (χ4n) is 2.95. The summed E-state index contributed by atoms with van der Waals surface area (Å²) in [6.07, 6.45) is 4.54. The summed E-state index contributed by atoms with van der Waals surface area (Å²) in [5, 5.41) is 0. The largest absolute Gasteiger partial charge is 0.326 e. The average molecular weight is 232 g/mol. The zero-order valence-corrected chi connectivity index (χ0v) is 10.9. The molecular formula is C15H24N2. The Bertz CT molecular complexity index is 371. The molecule has 1 fully saturated rings. The van der Waals surface area contributed by atoms with Crippen LogP contribution in [0.3, 0.4) is 0 Å². The molecule has 1 aromatic rings. The van der Waals surface area contributed by atoms with Crippen LogP contribution in [0.2, 0.25) is 0 Å². The number of benzene rings is 1. The molecule has 17 heavy (non-hydrogen) atoms. The van der Waals surface area contributed by atoms with Crippen molar-refractivity contribution in [1.29, 1.82) is 0 Å². The second-order valence-electron chi connectivity index (χ2n) is 5.60. The molecule has 4 N–H and O–H groups in total. The summed E-state index contributed by atoms with van der Waals surface area (Å²) in [6, 6.07) is 8.83. The number of hydrogen-bond donors (Lipinski definition) is 2. The lowest BCUT2D eigenvalue weighted by Gasteiger charge is -2.44. The zero-order chi connectivity index (χ0) is 12.5. The van der Waals surface area contributed by atoms with Crippen molar-refractivity contribution in [3.63, 3.8) is 0 Å². The highest BCUT2D eigenvalue weighted by atomic mass is 14.9. The van der Waals surface area contributed by atoms with Crippen LogP contribution < -0.4 is 11.5 Å². The van der Waals surface area contributed by atoms with Crippen LogP contribution >= 0.6 is 0 Å². The Kier molecular flexibility index (Phi) is 3.55. The quantitative estimate of drug-likeness (QED) is 0.823. The summed E-state index contributed by atoms with van der Waals surface area (Å²) in [5.41, 5.74) is 15.2. The monoisotopic (exact) mass is 232 g/mol. The third-order valence-corrected chi connectivity index (χ3v) is 4.45.